The van der Waals surface area contributed by atoms with E-state index in [9.17, 15) is 22.8 Å². The quantitative estimate of drug-likeness (QED) is 0.816. The second kappa shape index (κ2) is 8.43. The maximum atomic E-state index is 13.7. The Labute approximate surface area is 160 Å². The predicted octanol–water partition coefficient (Wildman–Crippen LogP) is 2.89. The molecule has 0 aromatic heterocycles. The third-order valence-corrected chi connectivity index (χ3v) is 4.84. The van der Waals surface area contributed by atoms with Gasteiger partial charge in [-0.25, -0.2) is 13.2 Å². The molecule has 0 aliphatic carbocycles. The van der Waals surface area contributed by atoms with Gasteiger partial charge < -0.3 is 10.2 Å². The monoisotopic (exact) mass is 391 g/mol. The van der Waals surface area contributed by atoms with Crippen molar-refractivity contribution in [1.82, 2.24) is 9.80 Å². The number of nitrogens with one attached hydrogen (secondary N) is 1. The Bertz CT molecular complexity index is 868. The van der Waals surface area contributed by atoms with Crippen molar-refractivity contribution >= 4 is 17.5 Å². The Morgan fingerprint density at radius 3 is 2.21 bits per heavy atom. The number of hydrogen-bond acceptors (Lipinski definition) is 3. The number of anilines is 1. The molecule has 28 heavy (non-hydrogen) atoms. The molecule has 8 heteroatoms. The summed E-state index contributed by atoms with van der Waals surface area (Å²) in [7, 11) is 0. The van der Waals surface area contributed by atoms with E-state index in [-0.39, 0.29) is 5.91 Å². The van der Waals surface area contributed by atoms with Crippen LogP contribution in [-0.4, -0.2) is 53.8 Å². The Kier molecular flexibility index (Phi) is 5.99. The van der Waals surface area contributed by atoms with Crippen molar-refractivity contribution in [3.05, 3.63) is 65.5 Å². The summed E-state index contributed by atoms with van der Waals surface area (Å²) in [6, 6.07) is 10.1. The number of rotatable bonds is 4. The van der Waals surface area contributed by atoms with Gasteiger partial charge in [-0.05, 0) is 31.2 Å². The van der Waals surface area contributed by atoms with Gasteiger partial charge >= 0.3 is 0 Å². The Morgan fingerprint density at radius 1 is 0.929 bits per heavy atom. The van der Waals surface area contributed by atoms with Crippen molar-refractivity contribution in [3.8, 4) is 0 Å². The van der Waals surface area contributed by atoms with E-state index in [1.165, 1.54) is 0 Å². The zero-order chi connectivity index (χ0) is 20.3. The first-order valence-electron chi connectivity index (χ1n) is 8.91. The number of piperazine rings is 1. The van der Waals surface area contributed by atoms with Gasteiger partial charge in [0.25, 0.3) is 5.91 Å². The fourth-order valence-electron chi connectivity index (χ4n) is 3.10. The summed E-state index contributed by atoms with van der Waals surface area (Å²) in [5.41, 5.74) is 0.198. The Morgan fingerprint density at radius 2 is 1.57 bits per heavy atom. The zero-order valence-corrected chi connectivity index (χ0v) is 15.3. The van der Waals surface area contributed by atoms with Gasteiger partial charge in [0, 0.05) is 31.7 Å². The number of carbonyl (C=O) groups excluding carboxylic acids is 2. The number of halogens is 3. The van der Waals surface area contributed by atoms with Crippen LogP contribution < -0.4 is 5.32 Å². The minimum Gasteiger partial charge on any atom is -0.336 e. The van der Waals surface area contributed by atoms with Crippen molar-refractivity contribution in [1.29, 1.82) is 0 Å². The summed E-state index contributed by atoms with van der Waals surface area (Å²) >= 11 is 0. The van der Waals surface area contributed by atoms with Crippen molar-refractivity contribution in [3.63, 3.8) is 0 Å². The predicted molar refractivity (Wildman–Crippen MR) is 98.3 cm³/mol. The SMILES string of the molecule is C[C@H](C(=O)Nc1ccc(F)c(F)c1F)N1CCN(C(=O)c2ccccc2)CC1. The van der Waals surface area contributed by atoms with Crippen LogP contribution in [0.5, 0.6) is 0 Å². The van der Waals surface area contributed by atoms with Crippen molar-refractivity contribution in [2.75, 3.05) is 31.5 Å². The number of amides is 2. The molecule has 5 nitrogen and oxygen atoms in total. The first-order chi connectivity index (χ1) is 13.4. The van der Waals surface area contributed by atoms with Gasteiger partial charge in [0.1, 0.15) is 0 Å². The normalized spacial score (nSPS) is 15.9. The standard InChI is InChI=1S/C20H20F3N3O2/c1-13(19(27)24-16-8-7-15(21)17(22)18(16)23)25-9-11-26(12-10-25)20(28)14-5-3-2-4-6-14/h2-8,13H,9-12H2,1H3,(H,24,27)/t13-/m1/s1. The van der Waals surface area contributed by atoms with E-state index in [4.69, 9.17) is 0 Å². The highest BCUT2D eigenvalue weighted by Crippen LogP contribution is 2.20. The van der Waals surface area contributed by atoms with E-state index in [2.05, 4.69) is 5.32 Å². The van der Waals surface area contributed by atoms with Crippen LogP contribution in [0, 0.1) is 17.5 Å². The molecule has 2 aromatic carbocycles. The molecule has 1 aliphatic heterocycles. The lowest BCUT2D eigenvalue weighted by atomic mass is 10.1. The molecule has 2 amide bonds. The molecule has 148 valence electrons. The van der Waals surface area contributed by atoms with E-state index in [1.54, 1.807) is 36.1 Å². The zero-order valence-electron chi connectivity index (χ0n) is 15.3. The van der Waals surface area contributed by atoms with Gasteiger partial charge in [-0.3, -0.25) is 14.5 Å². The summed E-state index contributed by atoms with van der Waals surface area (Å²) < 4.78 is 40.1. The number of carbonyl (C=O) groups is 2. The van der Waals surface area contributed by atoms with Gasteiger partial charge in [0.05, 0.1) is 11.7 Å². The molecule has 1 atom stereocenters. The number of benzene rings is 2. The smallest absolute Gasteiger partial charge is 0.253 e. The fraction of sp³-hybridized carbons (Fsp3) is 0.300. The average Bonchev–Trinajstić information content (AvgIpc) is 2.73. The minimum absolute atomic E-state index is 0.0683. The molecular formula is C20H20F3N3O2. The lowest BCUT2D eigenvalue weighted by molar-refractivity contribution is -0.121. The van der Waals surface area contributed by atoms with E-state index in [0.29, 0.717) is 31.7 Å². The highest BCUT2D eigenvalue weighted by molar-refractivity contribution is 5.95. The lowest BCUT2D eigenvalue weighted by Crippen LogP contribution is -2.54. The lowest BCUT2D eigenvalue weighted by Gasteiger charge is -2.37. The van der Waals surface area contributed by atoms with Gasteiger partial charge in [-0.15, -0.1) is 0 Å². The average molecular weight is 391 g/mol. The fourth-order valence-corrected chi connectivity index (χ4v) is 3.10. The van der Waals surface area contributed by atoms with E-state index in [0.717, 1.165) is 12.1 Å². The molecule has 1 saturated heterocycles. The van der Waals surface area contributed by atoms with E-state index in [1.807, 2.05) is 11.0 Å². The summed E-state index contributed by atoms with van der Waals surface area (Å²) in [4.78, 5) is 28.4. The second-order valence-electron chi connectivity index (χ2n) is 6.58. The van der Waals surface area contributed by atoms with Gasteiger partial charge in [-0.1, -0.05) is 18.2 Å². The molecule has 0 radical (unpaired) electrons. The van der Waals surface area contributed by atoms with Crippen LogP contribution in [0.2, 0.25) is 0 Å². The molecule has 1 heterocycles. The maximum absolute atomic E-state index is 13.7. The third-order valence-electron chi connectivity index (χ3n) is 4.84. The van der Waals surface area contributed by atoms with Crippen LogP contribution in [0.4, 0.5) is 18.9 Å². The Balaban J connectivity index is 1.57. The molecule has 1 aliphatic rings. The molecule has 2 aromatic rings. The third kappa shape index (κ3) is 4.17. The molecule has 0 spiro atoms. The molecular weight excluding hydrogens is 371 g/mol. The molecule has 0 unspecified atom stereocenters. The topological polar surface area (TPSA) is 52.7 Å². The Hall–Kier alpha value is -2.87. The summed E-state index contributed by atoms with van der Waals surface area (Å²) in [6.45, 7) is 3.47. The van der Waals surface area contributed by atoms with Crippen molar-refractivity contribution in [2.24, 2.45) is 0 Å². The van der Waals surface area contributed by atoms with Gasteiger partial charge in [0.15, 0.2) is 17.5 Å². The van der Waals surface area contributed by atoms with E-state index >= 15 is 0 Å². The first kappa shape index (κ1) is 19.9. The minimum atomic E-state index is -1.63. The summed E-state index contributed by atoms with van der Waals surface area (Å²) in [5, 5.41) is 2.29. The van der Waals surface area contributed by atoms with Crippen LogP contribution in [-0.2, 0) is 4.79 Å². The molecule has 3 rings (SSSR count). The number of nitrogens with zero attached hydrogens (tertiary/aromatic N) is 2. The van der Waals surface area contributed by atoms with Crippen LogP contribution in [0.3, 0.4) is 0 Å². The molecule has 1 N–H and O–H groups in total. The van der Waals surface area contributed by atoms with Crippen LogP contribution in [0.25, 0.3) is 0 Å². The highest BCUT2D eigenvalue weighted by Gasteiger charge is 2.28. The van der Waals surface area contributed by atoms with Crippen LogP contribution >= 0.6 is 0 Å². The first-order valence-corrected chi connectivity index (χ1v) is 8.91. The maximum Gasteiger partial charge on any atom is 0.253 e. The molecule has 1 fully saturated rings. The van der Waals surface area contributed by atoms with Crippen molar-refractivity contribution in [2.45, 2.75) is 13.0 Å². The molecule has 0 bridgehead atoms. The second-order valence-corrected chi connectivity index (χ2v) is 6.58. The highest BCUT2D eigenvalue weighted by atomic mass is 19.2. The van der Waals surface area contributed by atoms with E-state index < -0.39 is 35.1 Å². The van der Waals surface area contributed by atoms with Gasteiger partial charge in [-0.2, -0.15) is 0 Å². The number of hydrogen-bond donors (Lipinski definition) is 1. The van der Waals surface area contributed by atoms with Crippen LogP contribution in [0.15, 0.2) is 42.5 Å². The summed E-state index contributed by atoms with van der Waals surface area (Å²) in [5.74, 6) is -4.98. The van der Waals surface area contributed by atoms with Gasteiger partial charge in [0.2, 0.25) is 5.91 Å². The summed E-state index contributed by atoms with van der Waals surface area (Å²) in [6.07, 6.45) is 0. The van der Waals surface area contributed by atoms with Crippen molar-refractivity contribution < 1.29 is 22.8 Å². The molecule has 0 saturated carbocycles. The van der Waals surface area contributed by atoms with Crippen LogP contribution in [0.1, 0.15) is 17.3 Å². The largest absolute Gasteiger partial charge is 0.336 e.